The molecule has 3 aromatic carbocycles. The Bertz CT molecular complexity index is 954. The first-order chi connectivity index (χ1) is 12.0. The van der Waals surface area contributed by atoms with Gasteiger partial charge in [-0.25, -0.2) is 0 Å². The topological polar surface area (TPSA) is 122 Å². The minimum atomic E-state index is -0.351. The standard InChI is InChI=1S/C19H17N3O3/c20-15-7-5-11(9-17(15)23)13-3-1-2-4-14(13)19(25)22-12-6-8-16(21)18(24)10-12/h1-10,23-24H,20-21H2,(H,22,25). The monoisotopic (exact) mass is 335 g/mol. The van der Waals surface area contributed by atoms with E-state index >= 15 is 0 Å². The number of benzene rings is 3. The van der Waals surface area contributed by atoms with E-state index in [4.69, 9.17) is 11.5 Å². The highest BCUT2D eigenvalue weighted by Crippen LogP contribution is 2.31. The lowest BCUT2D eigenvalue weighted by atomic mass is 9.98. The highest BCUT2D eigenvalue weighted by atomic mass is 16.3. The lowest BCUT2D eigenvalue weighted by Crippen LogP contribution is -2.13. The van der Waals surface area contributed by atoms with Gasteiger partial charge in [0.05, 0.1) is 11.4 Å². The fraction of sp³-hybridized carbons (Fsp3) is 0. The van der Waals surface area contributed by atoms with Gasteiger partial charge >= 0.3 is 0 Å². The van der Waals surface area contributed by atoms with Crippen LogP contribution in [-0.4, -0.2) is 16.1 Å². The summed E-state index contributed by atoms with van der Waals surface area (Å²) < 4.78 is 0. The van der Waals surface area contributed by atoms with Gasteiger partial charge in [-0.1, -0.05) is 24.3 Å². The molecule has 126 valence electrons. The molecule has 0 saturated heterocycles. The van der Waals surface area contributed by atoms with Gasteiger partial charge in [0, 0.05) is 17.3 Å². The van der Waals surface area contributed by atoms with Gasteiger partial charge in [-0.3, -0.25) is 4.79 Å². The second-order valence-electron chi connectivity index (χ2n) is 5.55. The minimum absolute atomic E-state index is 0.0452. The van der Waals surface area contributed by atoms with Crippen molar-refractivity contribution in [3.05, 3.63) is 66.2 Å². The largest absolute Gasteiger partial charge is 0.506 e. The number of amides is 1. The molecule has 0 spiro atoms. The number of carbonyl (C=O) groups is 1. The quantitative estimate of drug-likeness (QED) is 0.372. The van der Waals surface area contributed by atoms with Gasteiger partial charge in [0.2, 0.25) is 0 Å². The van der Waals surface area contributed by atoms with Crippen LogP contribution in [0.4, 0.5) is 17.1 Å². The molecule has 0 heterocycles. The summed E-state index contributed by atoms with van der Waals surface area (Å²) in [4.78, 5) is 12.6. The number of rotatable bonds is 3. The van der Waals surface area contributed by atoms with Crippen molar-refractivity contribution >= 4 is 23.0 Å². The zero-order chi connectivity index (χ0) is 18.0. The van der Waals surface area contributed by atoms with Crippen molar-refractivity contribution in [1.29, 1.82) is 0 Å². The number of anilines is 3. The van der Waals surface area contributed by atoms with Gasteiger partial charge in [-0.05, 0) is 41.5 Å². The van der Waals surface area contributed by atoms with Gasteiger partial charge in [-0.15, -0.1) is 0 Å². The molecule has 0 radical (unpaired) electrons. The van der Waals surface area contributed by atoms with Crippen molar-refractivity contribution in [2.75, 3.05) is 16.8 Å². The van der Waals surface area contributed by atoms with Crippen molar-refractivity contribution in [3.63, 3.8) is 0 Å². The van der Waals surface area contributed by atoms with Crippen LogP contribution >= 0.6 is 0 Å². The van der Waals surface area contributed by atoms with E-state index in [1.807, 2.05) is 0 Å². The Morgan fingerprint density at radius 1 is 0.840 bits per heavy atom. The highest BCUT2D eigenvalue weighted by Gasteiger charge is 2.14. The molecule has 0 aliphatic heterocycles. The second-order valence-corrected chi connectivity index (χ2v) is 5.55. The average Bonchev–Trinajstić information content (AvgIpc) is 2.60. The summed E-state index contributed by atoms with van der Waals surface area (Å²) in [6.45, 7) is 0. The van der Waals surface area contributed by atoms with Gasteiger partial charge in [0.15, 0.2) is 0 Å². The molecule has 3 rings (SSSR count). The van der Waals surface area contributed by atoms with Crippen LogP contribution in [0.5, 0.6) is 11.5 Å². The van der Waals surface area contributed by atoms with E-state index in [0.717, 1.165) is 0 Å². The number of carbonyl (C=O) groups excluding carboxylic acids is 1. The van der Waals surface area contributed by atoms with Gasteiger partial charge in [-0.2, -0.15) is 0 Å². The molecular formula is C19H17N3O3. The predicted molar refractivity (Wildman–Crippen MR) is 98.4 cm³/mol. The van der Waals surface area contributed by atoms with E-state index in [-0.39, 0.29) is 28.8 Å². The molecular weight excluding hydrogens is 318 g/mol. The Hall–Kier alpha value is -3.67. The van der Waals surface area contributed by atoms with Crippen molar-refractivity contribution < 1.29 is 15.0 Å². The summed E-state index contributed by atoms with van der Waals surface area (Å²) >= 11 is 0. The molecule has 0 fully saturated rings. The number of nitrogen functional groups attached to an aromatic ring is 2. The van der Waals surface area contributed by atoms with E-state index in [1.165, 1.54) is 18.2 Å². The Balaban J connectivity index is 1.95. The number of hydrogen-bond donors (Lipinski definition) is 5. The Labute approximate surface area is 144 Å². The molecule has 0 atom stereocenters. The zero-order valence-corrected chi connectivity index (χ0v) is 13.2. The first kappa shape index (κ1) is 16.2. The van der Waals surface area contributed by atoms with Crippen LogP contribution in [0.2, 0.25) is 0 Å². The van der Waals surface area contributed by atoms with Gasteiger partial charge in [0.25, 0.3) is 5.91 Å². The van der Waals surface area contributed by atoms with E-state index in [0.29, 0.717) is 22.4 Å². The number of phenolic OH excluding ortho intramolecular Hbond substituents is 2. The van der Waals surface area contributed by atoms with Crippen LogP contribution < -0.4 is 16.8 Å². The SMILES string of the molecule is Nc1ccc(NC(=O)c2ccccc2-c2ccc(N)c(O)c2)cc1O. The molecule has 25 heavy (non-hydrogen) atoms. The highest BCUT2D eigenvalue weighted by molar-refractivity contribution is 6.09. The van der Waals surface area contributed by atoms with Crippen LogP contribution in [0.25, 0.3) is 11.1 Å². The lowest BCUT2D eigenvalue weighted by Gasteiger charge is -2.12. The fourth-order valence-corrected chi connectivity index (χ4v) is 2.46. The first-order valence-corrected chi connectivity index (χ1v) is 7.53. The van der Waals surface area contributed by atoms with Crippen LogP contribution in [-0.2, 0) is 0 Å². The maximum Gasteiger partial charge on any atom is 0.256 e. The first-order valence-electron chi connectivity index (χ1n) is 7.53. The third kappa shape index (κ3) is 3.32. The summed E-state index contributed by atoms with van der Waals surface area (Å²) in [5.74, 6) is -0.498. The van der Waals surface area contributed by atoms with E-state index in [2.05, 4.69) is 5.32 Å². The summed E-state index contributed by atoms with van der Waals surface area (Å²) in [7, 11) is 0. The second kappa shape index (κ2) is 6.45. The fourth-order valence-electron chi connectivity index (χ4n) is 2.46. The van der Waals surface area contributed by atoms with E-state index in [9.17, 15) is 15.0 Å². The van der Waals surface area contributed by atoms with E-state index < -0.39 is 0 Å². The normalized spacial score (nSPS) is 10.4. The molecule has 7 N–H and O–H groups in total. The summed E-state index contributed by atoms with van der Waals surface area (Å²) in [5.41, 5.74) is 13.8. The molecule has 0 bridgehead atoms. The van der Waals surface area contributed by atoms with Crippen molar-refractivity contribution in [1.82, 2.24) is 0 Å². The third-order valence-corrected chi connectivity index (χ3v) is 3.80. The molecule has 6 nitrogen and oxygen atoms in total. The zero-order valence-electron chi connectivity index (χ0n) is 13.2. The number of aromatic hydroxyl groups is 2. The number of nitrogens with two attached hydrogens (primary N) is 2. The number of phenols is 2. The molecule has 6 heteroatoms. The Morgan fingerprint density at radius 2 is 1.48 bits per heavy atom. The molecule has 0 saturated carbocycles. The van der Waals surface area contributed by atoms with Crippen molar-refractivity contribution in [2.24, 2.45) is 0 Å². The molecule has 0 unspecified atom stereocenters. The molecule has 3 aromatic rings. The maximum absolute atomic E-state index is 12.6. The minimum Gasteiger partial charge on any atom is -0.506 e. The van der Waals surface area contributed by atoms with Crippen molar-refractivity contribution in [2.45, 2.75) is 0 Å². The molecule has 0 aliphatic rings. The Morgan fingerprint density at radius 3 is 2.16 bits per heavy atom. The molecule has 0 aromatic heterocycles. The Kier molecular flexibility index (Phi) is 4.18. The summed E-state index contributed by atoms with van der Waals surface area (Å²) in [5, 5.41) is 22.2. The van der Waals surface area contributed by atoms with Crippen molar-refractivity contribution in [3.8, 4) is 22.6 Å². The average molecular weight is 335 g/mol. The maximum atomic E-state index is 12.6. The molecule has 0 aliphatic carbocycles. The summed E-state index contributed by atoms with van der Waals surface area (Å²) in [6, 6.07) is 16.3. The smallest absolute Gasteiger partial charge is 0.256 e. The lowest BCUT2D eigenvalue weighted by molar-refractivity contribution is 0.102. The van der Waals surface area contributed by atoms with Crippen LogP contribution in [0.3, 0.4) is 0 Å². The van der Waals surface area contributed by atoms with E-state index in [1.54, 1.807) is 42.5 Å². The number of hydrogen-bond acceptors (Lipinski definition) is 5. The number of nitrogens with one attached hydrogen (secondary N) is 1. The van der Waals surface area contributed by atoms with Crippen LogP contribution in [0.1, 0.15) is 10.4 Å². The van der Waals surface area contributed by atoms with Gasteiger partial charge < -0.3 is 27.0 Å². The van der Waals surface area contributed by atoms with Crippen LogP contribution in [0.15, 0.2) is 60.7 Å². The molecule has 1 amide bonds. The third-order valence-electron chi connectivity index (χ3n) is 3.80. The van der Waals surface area contributed by atoms with Gasteiger partial charge in [0.1, 0.15) is 11.5 Å². The van der Waals surface area contributed by atoms with Crippen LogP contribution in [0, 0.1) is 0 Å². The summed E-state index contributed by atoms with van der Waals surface area (Å²) in [6.07, 6.45) is 0. The predicted octanol–water partition coefficient (Wildman–Crippen LogP) is 3.18.